The minimum atomic E-state index is -0.360. The van der Waals surface area contributed by atoms with E-state index in [0.717, 1.165) is 72.2 Å². The monoisotopic (exact) mass is 864 g/mol. The summed E-state index contributed by atoms with van der Waals surface area (Å²) in [6, 6.07) is 63.7. The largest absolute Gasteiger partial charge is 0.310 e. The molecule has 0 atom stereocenters. The van der Waals surface area contributed by atoms with E-state index in [1.165, 1.54) is 33.7 Å². The van der Waals surface area contributed by atoms with E-state index in [1.807, 2.05) is 12.1 Å². The van der Waals surface area contributed by atoms with Crippen molar-refractivity contribution in [2.45, 2.75) is 52.4 Å². The summed E-state index contributed by atoms with van der Waals surface area (Å²) in [5, 5.41) is 14.0. The molecule has 0 aromatic heterocycles. The van der Waals surface area contributed by atoms with Crippen LogP contribution in [0.5, 0.6) is 0 Å². The van der Waals surface area contributed by atoms with Gasteiger partial charge in [0.25, 0.3) is 0 Å². The quantitative estimate of drug-likeness (QED) is 0.123. The molecule has 2 aliphatic carbocycles. The van der Waals surface area contributed by atoms with Gasteiger partial charge in [0.05, 0.1) is 22.9 Å². The van der Waals surface area contributed by atoms with E-state index < -0.39 is 0 Å². The zero-order chi connectivity index (χ0) is 46.4. The lowest BCUT2D eigenvalue weighted by atomic mass is 9.82. The van der Waals surface area contributed by atoms with Gasteiger partial charge in [-0.15, -0.1) is 0 Å². The number of carbonyl (C=O) groups excluding carboxylic acids is 2. The Hall–Kier alpha value is -8.13. The number of Topliss-reactive ketones (excluding diaryl/α,β-unsaturated/α-hetero) is 2. The van der Waals surface area contributed by atoms with Crippen LogP contribution in [0.3, 0.4) is 0 Å². The SMILES string of the molecule is CC(C)(C)c1ccc(N(c2ccc(C(C)(C)C)cc2)c2ccc3c4c(cccc24)-c2c-3c(-c3ccccc3)c3ccc(/C=C4/C(=O)c5ccc(C#N)cc5C4=O)cc3c2-c2ccccc2)cc1. The lowest BCUT2D eigenvalue weighted by molar-refractivity contribution is 0.0990. The number of benzene rings is 9. The van der Waals surface area contributed by atoms with Crippen molar-refractivity contribution < 1.29 is 9.59 Å². The van der Waals surface area contributed by atoms with Crippen LogP contribution in [0.25, 0.3) is 72.1 Å². The summed E-state index contributed by atoms with van der Waals surface area (Å²) in [6.07, 6.45) is 1.72. The fourth-order valence-corrected chi connectivity index (χ4v) is 10.3. The molecule has 0 bridgehead atoms. The van der Waals surface area contributed by atoms with Crippen LogP contribution < -0.4 is 4.90 Å². The molecule has 0 amide bonds. The predicted octanol–water partition coefficient (Wildman–Crippen LogP) is 16.4. The van der Waals surface area contributed by atoms with Crippen LogP contribution in [0.1, 0.15) is 84.5 Å². The Kier molecular flexibility index (Phi) is 9.62. The Morgan fingerprint density at radius 1 is 0.463 bits per heavy atom. The number of allylic oxidation sites excluding steroid dienone is 1. The summed E-state index contributed by atoms with van der Waals surface area (Å²) in [7, 11) is 0. The molecule has 0 saturated heterocycles. The van der Waals surface area contributed by atoms with Gasteiger partial charge in [0, 0.05) is 27.9 Å². The fraction of sp³-hybridized carbons (Fsp3) is 0.127. The summed E-state index contributed by atoms with van der Waals surface area (Å²) in [5.74, 6) is -0.685. The summed E-state index contributed by atoms with van der Waals surface area (Å²) in [6.45, 7) is 13.5. The lowest BCUT2D eigenvalue weighted by Crippen LogP contribution is -2.14. The zero-order valence-electron chi connectivity index (χ0n) is 38.5. The number of nitrogens with zero attached hydrogens (tertiary/aromatic N) is 2. The van der Waals surface area contributed by atoms with Crippen molar-refractivity contribution in [3.8, 4) is 50.6 Å². The van der Waals surface area contributed by atoms with E-state index in [-0.39, 0.29) is 33.5 Å². The molecule has 0 N–H and O–H groups in total. The smallest absolute Gasteiger partial charge is 0.197 e. The third-order valence-electron chi connectivity index (χ3n) is 13.7. The van der Waals surface area contributed by atoms with Crippen molar-refractivity contribution in [3.05, 3.63) is 215 Å². The molecule has 0 heterocycles. The number of nitriles is 1. The molecule has 0 saturated carbocycles. The van der Waals surface area contributed by atoms with Crippen LogP contribution in [-0.2, 0) is 10.8 Å². The first-order valence-electron chi connectivity index (χ1n) is 23.0. The van der Waals surface area contributed by atoms with Crippen LogP contribution in [0.4, 0.5) is 17.1 Å². The topological polar surface area (TPSA) is 61.2 Å². The Labute approximate surface area is 392 Å². The van der Waals surface area contributed by atoms with Crippen molar-refractivity contribution in [3.63, 3.8) is 0 Å². The number of hydrogen-bond acceptors (Lipinski definition) is 4. The van der Waals surface area contributed by atoms with Gasteiger partial charge >= 0.3 is 0 Å². The highest BCUT2D eigenvalue weighted by atomic mass is 16.2. The van der Waals surface area contributed by atoms with E-state index in [4.69, 9.17) is 0 Å². The van der Waals surface area contributed by atoms with E-state index in [2.05, 4.69) is 198 Å². The van der Waals surface area contributed by atoms with Gasteiger partial charge in [-0.2, -0.15) is 5.26 Å². The van der Waals surface area contributed by atoms with Crippen LogP contribution in [0.15, 0.2) is 181 Å². The minimum Gasteiger partial charge on any atom is -0.310 e. The lowest BCUT2D eigenvalue weighted by Gasteiger charge is -2.29. The van der Waals surface area contributed by atoms with E-state index in [9.17, 15) is 14.9 Å². The average Bonchev–Trinajstić information content (AvgIpc) is 3.78. The number of anilines is 3. The minimum absolute atomic E-state index is 0.0138. The molecule has 4 heteroatoms. The van der Waals surface area contributed by atoms with Crippen LogP contribution in [0.2, 0.25) is 0 Å². The molecular weight excluding hydrogens is 817 g/mol. The molecule has 11 rings (SSSR count). The molecular formula is C63H48N2O2. The highest BCUT2D eigenvalue weighted by molar-refractivity contribution is 6.41. The number of fused-ring (bicyclic) bond motifs is 5. The number of hydrogen-bond donors (Lipinski definition) is 0. The van der Waals surface area contributed by atoms with Crippen LogP contribution in [-0.4, -0.2) is 11.6 Å². The van der Waals surface area contributed by atoms with Crippen molar-refractivity contribution in [1.82, 2.24) is 0 Å². The van der Waals surface area contributed by atoms with Crippen LogP contribution >= 0.6 is 0 Å². The maximum absolute atomic E-state index is 13.8. The zero-order valence-corrected chi connectivity index (χ0v) is 38.5. The van der Waals surface area contributed by atoms with Crippen molar-refractivity contribution in [1.29, 1.82) is 5.26 Å². The second-order valence-corrected chi connectivity index (χ2v) is 19.9. The standard InChI is InChI=1S/C63H48N2O2/c1-62(2,3)42-22-26-44(27-23-42)65(45-28-24-43(25-29-45)63(4,5)6)54-33-32-50-57-48(54)18-13-19-49(57)58-56(41-16-11-8-12-17-41)51-34-38(20-30-46(51)55(59(50)58)40-14-9-7-10-15-40)35-53-60(66)47-31-21-39(37-64)36-52(47)61(53)67/h7-36H,1-6H3/b53-35-. The van der Waals surface area contributed by atoms with Gasteiger partial charge in [0.2, 0.25) is 0 Å². The number of rotatable bonds is 6. The van der Waals surface area contributed by atoms with Crippen molar-refractivity contribution in [2.24, 2.45) is 0 Å². The van der Waals surface area contributed by atoms with E-state index in [1.54, 1.807) is 18.2 Å². The van der Waals surface area contributed by atoms with Crippen LogP contribution in [0, 0.1) is 11.3 Å². The first-order chi connectivity index (χ1) is 32.3. The molecule has 0 spiro atoms. The Bertz CT molecular complexity index is 3540. The third kappa shape index (κ3) is 6.81. The molecule has 4 nitrogen and oxygen atoms in total. The molecule has 0 unspecified atom stereocenters. The molecule has 9 aromatic carbocycles. The molecule has 0 radical (unpaired) electrons. The van der Waals surface area contributed by atoms with E-state index in [0.29, 0.717) is 11.1 Å². The molecule has 322 valence electrons. The highest BCUT2D eigenvalue weighted by Crippen LogP contribution is 2.59. The maximum Gasteiger partial charge on any atom is 0.197 e. The first-order valence-corrected chi connectivity index (χ1v) is 23.0. The van der Waals surface area contributed by atoms with Crippen molar-refractivity contribution >= 4 is 56.2 Å². The predicted molar refractivity (Wildman–Crippen MR) is 277 cm³/mol. The van der Waals surface area contributed by atoms with Gasteiger partial charge in [0.1, 0.15) is 0 Å². The molecule has 67 heavy (non-hydrogen) atoms. The maximum atomic E-state index is 13.8. The highest BCUT2D eigenvalue weighted by Gasteiger charge is 2.35. The Morgan fingerprint density at radius 2 is 1.00 bits per heavy atom. The van der Waals surface area contributed by atoms with Gasteiger partial charge in [-0.1, -0.05) is 163 Å². The second kappa shape index (κ2) is 15.5. The summed E-state index contributed by atoms with van der Waals surface area (Å²) in [5.41, 5.74) is 16.7. The Balaban J connectivity index is 1.18. The second-order valence-electron chi connectivity index (χ2n) is 19.9. The molecule has 0 fully saturated rings. The molecule has 2 aliphatic rings. The average molecular weight is 865 g/mol. The molecule has 0 aliphatic heterocycles. The van der Waals surface area contributed by atoms with Gasteiger partial charge in [-0.3, -0.25) is 9.59 Å². The normalized spacial score (nSPS) is 13.6. The van der Waals surface area contributed by atoms with Gasteiger partial charge in [-0.05, 0) is 149 Å². The first kappa shape index (κ1) is 41.6. The number of carbonyl (C=O) groups is 2. The van der Waals surface area contributed by atoms with Crippen molar-refractivity contribution in [2.75, 3.05) is 4.90 Å². The third-order valence-corrected chi connectivity index (χ3v) is 13.7. The molecule has 9 aromatic rings. The van der Waals surface area contributed by atoms with Gasteiger partial charge < -0.3 is 4.90 Å². The van der Waals surface area contributed by atoms with Gasteiger partial charge in [-0.25, -0.2) is 0 Å². The summed E-state index contributed by atoms with van der Waals surface area (Å²) in [4.78, 5) is 30.0. The van der Waals surface area contributed by atoms with E-state index >= 15 is 0 Å². The Morgan fingerprint density at radius 3 is 1.57 bits per heavy atom. The number of ketones is 2. The summed E-state index contributed by atoms with van der Waals surface area (Å²) >= 11 is 0. The fourth-order valence-electron chi connectivity index (χ4n) is 10.3. The van der Waals surface area contributed by atoms with Gasteiger partial charge in [0.15, 0.2) is 11.6 Å². The summed E-state index contributed by atoms with van der Waals surface area (Å²) < 4.78 is 0.